The number of carbonyl (C=O) groups excluding carboxylic acids is 2. The van der Waals surface area contributed by atoms with E-state index in [4.69, 9.17) is 17.3 Å². The van der Waals surface area contributed by atoms with Gasteiger partial charge in [-0.1, -0.05) is 32.4 Å². The summed E-state index contributed by atoms with van der Waals surface area (Å²) in [7, 11) is 0. The summed E-state index contributed by atoms with van der Waals surface area (Å²) in [6, 6.07) is 4.16. The number of likely N-dealkylation sites (tertiary alicyclic amines) is 1. The molecular formula is C19H26ClN7O2. The highest BCUT2D eigenvalue weighted by atomic mass is 35.5. The van der Waals surface area contributed by atoms with E-state index in [9.17, 15) is 9.59 Å². The SMILES string of the molecule is CC(C)(C)CC(N)C(=O)N1CCC1C(=O)NCc1cc(Cl)ccc1-n1cnnn1. The second kappa shape index (κ2) is 8.46. The van der Waals surface area contributed by atoms with Crippen LogP contribution in [0.15, 0.2) is 24.5 Å². The van der Waals surface area contributed by atoms with Gasteiger partial charge in [0.25, 0.3) is 0 Å². The fourth-order valence-electron chi connectivity index (χ4n) is 3.37. The van der Waals surface area contributed by atoms with Crippen LogP contribution in [0.4, 0.5) is 0 Å². The van der Waals surface area contributed by atoms with Crippen molar-refractivity contribution in [3.8, 4) is 5.69 Å². The first-order valence-corrected chi connectivity index (χ1v) is 9.89. The van der Waals surface area contributed by atoms with E-state index in [2.05, 4.69) is 20.8 Å². The molecule has 2 amide bonds. The average molecular weight is 420 g/mol. The molecule has 0 radical (unpaired) electrons. The van der Waals surface area contributed by atoms with Gasteiger partial charge in [0, 0.05) is 18.1 Å². The lowest BCUT2D eigenvalue weighted by Crippen LogP contribution is -2.61. The van der Waals surface area contributed by atoms with Gasteiger partial charge in [0.05, 0.1) is 11.7 Å². The molecule has 2 unspecified atom stereocenters. The van der Waals surface area contributed by atoms with Crippen LogP contribution in [-0.2, 0) is 16.1 Å². The number of hydrogen-bond acceptors (Lipinski definition) is 6. The summed E-state index contributed by atoms with van der Waals surface area (Å²) in [5, 5.41) is 14.6. The summed E-state index contributed by atoms with van der Waals surface area (Å²) >= 11 is 6.11. The standard InChI is InChI=1S/C19H26ClN7O2/c1-19(2,3)9-14(21)18(29)26-7-6-16(26)17(28)22-10-12-8-13(20)4-5-15(12)27-11-23-24-25-27/h4-5,8,11,14,16H,6-7,9-10,21H2,1-3H3,(H,22,28). The van der Waals surface area contributed by atoms with Gasteiger partial charge in [-0.2, -0.15) is 0 Å². The van der Waals surface area contributed by atoms with Crippen molar-refractivity contribution in [3.63, 3.8) is 0 Å². The van der Waals surface area contributed by atoms with Gasteiger partial charge in [0.2, 0.25) is 11.8 Å². The number of halogens is 1. The van der Waals surface area contributed by atoms with Crippen molar-refractivity contribution in [2.24, 2.45) is 11.1 Å². The van der Waals surface area contributed by atoms with Crippen LogP contribution in [0.5, 0.6) is 0 Å². The molecule has 0 bridgehead atoms. The van der Waals surface area contributed by atoms with Crippen LogP contribution in [0.2, 0.25) is 5.02 Å². The van der Waals surface area contributed by atoms with Crippen LogP contribution in [0, 0.1) is 5.41 Å². The first kappa shape index (κ1) is 21.2. The smallest absolute Gasteiger partial charge is 0.243 e. The minimum Gasteiger partial charge on any atom is -0.350 e. The minimum atomic E-state index is -0.607. The van der Waals surface area contributed by atoms with Crippen LogP contribution in [0.3, 0.4) is 0 Å². The normalized spacial score (nSPS) is 17.6. The number of nitrogens with one attached hydrogen (secondary N) is 1. The number of benzene rings is 1. The number of tetrazole rings is 1. The summed E-state index contributed by atoms with van der Waals surface area (Å²) < 4.78 is 1.50. The van der Waals surface area contributed by atoms with Crippen molar-refractivity contribution in [1.82, 2.24) is 30.4 Å². The predicted octanol–water partition coefficient (Wildman–Crippen LogP) is 1.30. The van der Waals surface area contributed by atoms with Gasteiger partial charge in [-0.15, -0.1) is 5.10 Å². The molecule has 0 saturated carbocycles. The van der Waals surface area contributed by atoms with E-state index >= 15 is 0 Å². The van der Waals surface area contributed by atoms with Gasteiger partial charge in [-0.3, -0.25) is 9.59 Å². The molecule has 156 valence electrons. The average Bonchev–Trinajstić information content (AvgIpc) is 3.12. The summed E-state index contributed by atoms with van der Waals surface area (Å²) in [4.78, 5) is 26.9. The van der Waals surface area contributed by atoms with Gasteiger partial charge >= 0.3 is 0 Å². The second-order valence-corrected chi connectivity index (χ2v) is 8.89. The maximum Gasteiger partial charge on any atom is 0.243 e. The molecular weight excluding hydrogens is 394 g/mol. The van der Waals surface area contributed by atoms with Crippen molar-refractivity contribution in [2.75, 3.05) is 6.54 Å². The summed E-state index contributed by atoms with van der Waals surface area (Å²) in [5.74, 6) is -0.390. The Hall–Kier alpha value is -2.52. The Morgan fingerprint density at radius 2 is 2.14 bits per heavy atom. The molecule has 1 aliphatic heterocycles. The van der Waals surface area contributed by atoms with E-state index in [1.54, 1.807) is 23.1 Å². The van der Waals surface area contributed by atoms with Gasteiger partial charge < -0.3 is 16.0 Å². The van der Waals surface area contributed by atoms with Gasteiger partial charge in [0.15, 0.2) is 0 Å². The van der Waals surface area contributed by atoms with Crippen LogP contribution >= 0.6 is 11.6 Å². The lowest BCUT2D eigenvalue weighted by atomic mass is 9.87. The third kappa shape index (κ3) is 5.10. The first-order valence-electron chi connectivity index (χ1n) is 9.51. The molecule has 2 atom stereocenters. The number of amides is 2. The van der Waals surface area contributed by atoms with Crippen LogP contribution < -0.4 is 11.1 Å². The summed E-state index contributed by atoms with van der Waals surface area (Å²) in [5.41, 5.74) is 7.49. The molecule has 0 aliphatic carbocycles. The Morgan fingerprint density at radius 3 is 2.72 bits per heavy atom. The van der Waals surface area contributed by atoms with Crippen LogP contribution in [0.25, 0.3) is 5.69 Å². The zero-order valence-electron chi connectivity index (χ0n) is 16.8. The number of hydrogen-bond donors (Lipinski definition) is 2. The number of nitrogens with two attached hydrogens (primary N) is 1. The van der Waals surface area contributed by atoms with E-state index in [1.165, 1.54) is 11.0 Å². The maximum absolute atomic E-state index is 12.7. The molecule has 1 aromatic carbocycles. The zero-order chi connectivity index (χ0) is 21.2. The van der Waals surface area contributed by atoms with Gasteiger partial charge in [-0.05, 0) is 52.4 Å². The number of aromatic nitrogens is 4. The van der Waals surface area contributed by atoms with Crippen molar-refractivity contribution in [2.45, 2.75) is 52.2 Å². The quantitative estimate of drug-likeness (QED) is 0.728. The lowest BCUT2D eigenvalue weighted by Gasteiger charge is -2.41. The Bertz CT molecular complexity index is 879. The molecule has 3 rings (SSSR count). The molecule has 1 aliphatic rings. The Kier molecular flexibility index (Phi) is 6.18. The van der Waals surface area contributed by atoms with E-state index in [-0.39, 0.29) is 23.8 Å². The van der Waals surface area contributed by atoms with Crippen molar-refractivity contribution >= 4 is 23.4 Å². The number of nitrogens with zero attached hydrogens (tertiary/aromatic N) is 5. The molecule has 1 aromatic heterocycles. The molecule has 3 N–H and O–H groups in total. The van der Waals surface area contributed by atoms with Gasteiger partial charge in [0.1, 0.15) is 12.4 Å². The largest absolute Gasteiger partial charge is 0.350 e. The highest BCUT2D eigenvalue weighted by molar-refractivity contribution is 6.30. The van der Waals surface area contributed by atoms with E-state index in [0.29, 0.717) is 30.1 Å². The Balaban J connectivity index is 1.63. The summed E-state index contributed by atoms with van der Waals surface area (Å²) in [6.07, 6.45) is 2.65. The van der Waals surface area contributed by atoms with Gasteiger partial charge in [-0.25, -0.2) is 4.68 Å². The number of rotatable bonds is 6. The second-order valence-electron chi connectivity index (χ2n) is 8.45. The Morgan fingerprint density at radius 1 is 1.38 bits per heavy atom. The molecule has 1 fully saturated rings. The van der Waals surface area contributed by atoms with E-state index in [0.717, 1.165) is 5.56 Å². The topological polar surface area (TPSA) is 119 Å². The molecule has 2 aromatic rings. The fourth-order valence-corrected chi connectivity index (χ4v) is 3.57. The third-order valence-electron chi connectivity index (χ3n) is 4.85. The third-order valence-corrected chi connectivity index (χ3v) is 5.08. The molecule has 29 heavy (non-hydrogen) atoms. The van der Waals surface area contributed by atoms with Crippen molar-refractivity contribution in [1.29, 1.82) is 0 Å². The highest BCUT2D eigenvalue weighted by Gasteiger charge is 2.39. The van der Waals surface area contributed by atoms with E-state index < -0.39 is 12.1 Å². The fraction of sp³-hybridized carbons (Fsp3) is 0.526. The van der Waals surface area contributed by atoms with E-state index in [1.807, 2.05) is 20.8 Å². The van der Waals surface area contributed by atoms with Crippen LogP contribution in [0.1, 0.15) is 39.2 Å². The summed E-state index contributed by atoms with van der Waals surface area (Å²) in [6.45, 7) is 6.89. The first-order chi connectivity index (χ1) is 13.7. The van der Waals surface area contributed by atoms with Crippen LogP contribution in [-0.4, -0.2) is 55.5 Å². The molecule has 9 nitrogen and oxygen atoms in total. The van der Waals surface area contributed by atoms with Crippen molar-refractivity contribution in [3.05, 3.63) is 35.1 Å². The monoisotopic (exact) mass is 419 g/mol. The molecule has 2 heterocycles. The minimum absolute atomic E-state index is 0.0586. The van der Waals surface area contributed by atoms with Crippen molar-refractivity contribution < 1.29 is 9.59 Å². The lowest BCUT2D eigenvalue weighted by molar-refractivity contribution is -0.148. The molecule has 10 heteroatoms. The maximum atomic E-state index is 12.7. The zero-order valence-corrected chi connectivity index (χ0v) is 17.6. The predicted molar refractivity (Wildman–Crippen MR) is 108 cm³/mol. The number of carbonyl (C=O) groups is 2. The Labute approximate surface area is 174 Å². The highest BCUT2D eigenvalue weighted by Crippen LogP contribution is 2.25. The molecule has 1 saturated heterocycles. The molecule has 0 spiro atoms.